The third-order valence-electron chi connectivity index (χ3n) is 5.05. The van der Waals surface area contributed by atoms with E-state index in [-0.39, 0.29) is 17.9 Å². The molecule has 0 bridgehead atoms. The van der Waals surface area contributed by atoms with E-state index in [2.05, 4.69) is 0 Å². The Kier molecular flexibility index (Phi) is 7.22. The Hall–Kier alpha value is -1.60. The summed E-state index contributed by atoms with van der Waals surface area (Å²) >= 11 is 11.9. The van der Waals surface area contributed by atoms with Gasteiger partial charge in [-0.1, -0.05) is 29.3 Å². The molecule has 3 rings (SSSR count). The van der Waals surface area contributed by atoms with Crippen LogP contribution in [0.25, 0.3) is 6.08 Å². The lowest BCUT2D eigenvalue weighted by atomic mass is 10.2. The summed E-state index contributed by atoms with van der Waals surface area (Å²) in [6.45, 7) is 6.35. The first kappa shape index (κ1) is 22.1. The second-order valence-electron chi connectivity index (χ2n) is 7.70. The van der Waals surface area contributed by atoms with E-state index in [1.165, 1.54) is 6.08 Å². The average molecular weight is 441 g/mol. The first-order valence-electron chi connectivity index (χ1n) is 9.75. The van der Waals surface area contributed by atoms with Crippen molar-refractivity contribution in [1.82, 2.24) is 9.80 Å². The van der Waals surface area contributed by atoms with Crippen LogP contribution in [0.1, 0.15) is 32.3 Å². The third-order valence-corrected chi connectivity index (χ3v) is 5.79. The summed E-state index contributed by atoms with van der Waals surface area (Å²) in [4.78, 5) is 28.5. The minimum Gasteiger partial charge on any atom is -0.348 e. The van der Waals surface area contributed by atoms with Crippen molar-refractivity contribution < 1.29 is 19.1 Å². The lowest BCUT2D eigenvalue weighted by Gasteiger charge is -2.23. The van der Waals surface area contributed by atoms with Gasteiger partial charge in [0.15, 0.2) is 5.79 Å². The molecule has 0 saturated carbocycles. The van der Waals surface area contributed by atoms with Gasteiger partial charge in [0.05, 0.1) is 22.8 Å². The van der Waals surface area contributed by atoms with Gasteiger partial charge in [-0.05, 0) is 44.0 Å². The number of ether oxygens (including phenoxy) is 2. The molecule has 0 radical (unpaired) electrons. The number of rotatable bonds is 5. The molecule has 2 aliphatic heterocycles. The highest BCUT2D eigenvalue weighted by molar-refractivity contribution is 6.42. The molecule has 2 amide bonds. The zero-order chi connectivity index (χ0) is 21.0. The summed E-state index contributed by atoms with van der Waals surface area (Å²) in [6, 6.07) is 5.19. The SMILES string of the molecule is CC1(C)OC[C@@H](CCN2CCN(C(=O)/C=C/c3ccc(Cl)c(Cl)c3)CCC2=O)O1. The van der Waals surface area contributed by atoms with Crippen molar-refractivity contribution in [3.05, 3.63) is 39.9 Å². The normalized spacial score (nSPS) is 22.3. The van der Waals surface area contributed by atoms with Gasteiger partial charge in [0.2, 0.25) is 11.8 Å². The predicted molar refractivity (Wildman–Crippen MR) is 113 cm³/mol. The fraction of sp³-hybridized carbons (Fsp3) is 0.524. The van der Waals surface area contributed by atoms with Gasteiger partial charge in [0.25, 0.3) is 0 Å². The highest BCUT2D eigenvalue weighted by Crippen LogP contribution is 2.25. The van der Waals surface area contributed by atoms with Crippen molar-refractivity contribution in [3.63, 3.8) is 0 Å². The van der Waals surface area contributed by atoms with E-state index in [9.17, 15) is 9.59 Å². The Morgan fingerprint density at radius 1 is 1.24 bits per heavy atom. The molecule has 0 unspecified atom stereocenters. The van der Waals surface area contributed by atoms with Crippen molar-refractivity contribution in [2.75, 3.05) is 32.8 Å². The van der Waals surface area contributed by atoms with Gasteiger partial charge >= 0.3 is 0 Å². The quantitative estimate of drug-likeness (QED) is 0.656. The van der Waals surface area contributed by atoms with E-state index >= 15 is 0 Å². The van der Waals surface area contributed by atoms with Crippen LogP contribution in [0.5, 0.6) is 0 Å². The van der Waals surface area contributed by atoms with Crippen LogP contribution in [0.2, 0.25) is 10.0 Å². The average Bonchev–Trinajstić information content (AvgIpc) is 2.91. The topological polar surface area (TPSA) is 59.1 Å². The van der Waals surface area contributed by atoms with Crippen LogP contribution < -0.4 is 0 Å². The summed E-state index contributed by atoms with van der Waals surface area (Å²) < 4.78 is 11.4. The first-order chi connectivity index (χ1) is 13.7. The lowest BCUT2D eigenvalue weighted by molar-refractivity contribution is -0.140. The fourth-order valence-electron chi connectivity index (χ4n) is 3.42. The van der Waals surface area contributed by atoms with Crippen LogP contribution in [0.3, 0.4) is 0 Å². The smallest absolute Gasteiger partial charge is 0.246 e. The highest BCUT2D eigenvalue weighted by atomic mass is 35.5. The van der Waals surface area contributed by atoms with Crippen molar-refractivity contribution >= 4 is 41.1 Å². The molecule has 29 heavy (non-hydrogen) atoms. The molecular formula is C21H26Cl2N2O4. The largest absolute Gasteiger partial charge is 0.348 e. The van der Waals surface area contributed by atoms with Gasteiger partial charge in [-0.2, -0.15) is 0 Å². The van der Waals surface area contributed by atoms with Crippen molar-refractivity contribution in [2.45, 2.75) is 38.6 Å². The van der Waals surface area contributed by atoms with Crippen LogP contribution in [-0.4, -0.2) is 66.3 Å². The Morgan fingerprint density at radius 2 is 2.03 bits per heavy atom. The standard InChI is InChI=1S/C21H26Cl2N2O4/c1-21(2)28-14-16(29-21)7-9-24-11-12-25(10-8-20(24)27)19(26)6-4-15-3-5-17(22)18(23)13-15/h3-6,13,16H,7-12,14H2,1-2H3/b6-4+/t16-/m1/s1. The predicted octanol–water partition coefficient (Wildman–Crippen LogP) is 3.61. The maximum atomic E-state index is 12.5. The highest BCUT2D eigenvalue weighted by Gasteiger charge is 2.33. The van der Waals surface area contributed by atoms with E-state index < -0.39 is 5.79 Å². The van der Waals surface area contributed by atoms with Gasteiger partial charge in [-0.25, -0.2) is 0 Å². The summed E-state index contributed by atoms with van der Waals surface area (Å²) in [5, 5.41) is 0.914. The van der Waals surface area contributed by atoms with Crippen molar-refractivity contribution in [2.24, 2.45) is 0 Å². The van der Waals surface area contributed by atoms with Gasteiger partial charge in [-0.3, -0.25) is 9.59 Å². The van der Waals surface area contributed by atoms with E-state index in [4.69, 9.17) is 32.7 Å². The number of hydrogen-bond donors (Lipinski definition) is 0. The second kappa shape index (κ2) is 9.47. The zero-order valence-electron chi connectivity index (χ0n) is 16.7. The monoisotopic (exact) mass is 440 g/mol. The van der Waals surface area contributed by atoms with Crippen LogP contribution in [-0.2, 0) is 19.1 Å². The van der Waals surface area contributed by atoms with Gasteiger partial charge in [0, 0.05) is 38.7 Å². The summed E-state index contributed by atoms with van der Waals surface area (Å²) in [5.74, 6) is -0.621. The molecule has 0 N–H and O–H groups in total. The lowest BCUT2D eigenvalue weighted by Crippen LogP contribution is -2.37. The molecule has 1 aromatic carbocycles. The second-order valence-corrected chi connectivity index (χ2v) is 8.52. The van der Waals surface area contributed by atoms with Gasteiger partial charge < -0.3 is 19.3 Å². The molecule has 8 heteroatoms. The molecule has 1 atom stereocenters. The summed E-state index contributed by atoms with van der Waals surface area (Å²) in [6.07, 6.45) is 4.24. The molecule has 2 saturated heterocycles. The Labute approximate surface area is 181 Å². The molecule has 0 aromatic heterocycles. The van der Waals surface area contributed by atoms with Crippen molar-refractivity contribution in [1.29, 1.82) is 0 Å². The molecule has 1 aromatic rings. The molecule has 6 nitrogen and oxygen atoms in total. The van der Waals surface area contributed by atoms with Crippen LogP contribution in [0.15, 0.2) is 24.3 Å². The van der Waals surface area contributed by atoms with Crippen LogP contribution in [0, 0.1) is 0 Å². The fourth-order valence-corrected chi connectivity index (χ4v) is 3.72. The molecular weight excluding hydrogens is 415 g/mol. The number of carbonyl (C=O) groups is 2. The number of hydrogen-bond acceptors (Lipinski definition) is 4. The first-order valence-corrected chi connectivity index (χ1v) is 10.5. The number of halogens is 2. The molecule has 2 aliphatic rings. The minimum atomic E-state index is -0.558. The third kappa shape index (κ3) is 6.19. The van der Waals surface area contributed by atoms with E-state index in [1.807, 2.05) is 18.7 Å². The molecule has 2 fully saturated rings. The van der Waals surface area contributed by atoms with Crippen molar-refractivity contribution in [3.8, 4) is 0 Å². The van der Waals surface area contributed by atoms with Crippen LogP contribution in [0.4, 0.5) is 0 Å². The summed E-state index contributed by atoms with van der Waals surface area (Å²) in [7, 11) is 0. The number of carbonyl (C=O) groups excluding carboxylic acids is 2. The van der Waals surface area contributed by atoms with Gasteiger partial charge in [-0.15, -0.1) is 0 Å². The van der Waals surface area contributed by atoms with E-state index in [0.29, 0.717) is 49.3 Å². The number of benzene rings is 1. The molecule has 2 heterocycles. The van der Waals surface area contributed by atoms with Crippen LogP contribution >= 0.6 is 23.2 Å². The summed E-state index contributed by atoms with van der Waals surface area (Å²) in [5.41, 5.74) is 0.794. The van der Waals surface area contributed by atoms with Gasteiger partial charge in [0.1, 0.15) is 0 Å². The Bertz CT molecular complexity index is 797. The molecule has 0 aliphatic carbocycles. The number of amides is 2. The zero-order valence-corrected chi connectivity index (χ0v) is 18.2. The van der Waals surface area contributed by atoms with E-state index in [1.54, 1.807) is 29.2 Å². The maximum absolute atomic E-state index is 12.5. The number of nitrogens with zero attached hydrogens (tertiary/aromatic N) is 2. The molecule has 0 spiro atoms. The maximum Gasteiger partial charge on any atom is 0.246 e. The minimum absolute atomic E-state index is 0.00655. The Morgan fingerprint density at radius 3 is 2.72 bits per heavy atom. The molecule has 158 valence electrons. The van der Waals surface area contributed by atoms with E-state index in [0.717, 1.165) is 12.0 Å². The Balaban J connectivity index is 1.51.